The number of carbonyl (C=O) groups is 1. The molecular weight excluding hydrogens is 230 g/mol. The Labute approximate surface area is 111 Å². The van der Waals surface area contributed by atoms with Crippen molar-refractivity contribution in [2.75, 3.05) is 20.3 Å². The first kappa shape index (κ1) is 17.4. The van der Waals surface area contributed by atoms with Crippen LogP contribution in [-0.2, 0) is 9.53 Å². The molecule has 0 saturated heterocycles. The molecule has 0 aromatic carbocycles. The number of aliphatic carboxylic acids is 1. The van der Waals surface area contributed by atoms with Crippen molar-refractivity contribution in [3.05, 3.63) is 0 Å². The third-order valence-corrected chi connectivity index (χ3v) is 3.53. The van der Waals surface area contributed by atoms with Crippen molar-refractivity contribution in [3.63, 3.8) is 0 Å². The Hall–Kier alpha value is -0.610. The van der Waals surface area contributed by atoms with Crippen LogP contribution in [0.5, 0.6) is 0 Å². The first-order valence-electron chi connectivity index (χ1n) is 7.13. The molecule has 2 N–H and O–H groups in total. The van der Waals surface area contributed by atoms with Crippen LogP contribution >= 0.6 is 0 Å². The Morgan fingerprint density at radius 3 is 2.33 bits per heavy atom. The molecule has 0 rings (SSSR count). The van der Waals surface area contributed by atoms with Crippen LogP contribution in [0, 0.1) is 0 Å². The summed E-state index contributed by atoms with van der Waals surface area (Å²) in [6.45, 7) is 5.54. The van der Waals surface area contributed by atoms with Crippen LogP contribution in [0.25, 0.3) is 0 Å². The number of unbranched alkanes of at least 4 members (excludes halogenated alkanes) is 3. The van der Waals surface area contributed by atoms with Gasteiger partial charge in [-0.2, -0.15) is 0 Å². The van der Waals surface area contributed by atoms with Crippen LogP contribution < -0.4 is 5.32 Å². The third kappa shape index (κ3) is 6.36. The van der Waals surface area contributed by atoms with Crippen LogP contribution in [0.15, 0.2) is 0 Å². The van der Waals surface area contributed by atoms with Gasteiger partial charge < -0.3 is 15.2 Å². The van der Waals surface area contributed by atoms with Gasteiger partial charge in [0.25, 0.3) is 0 Å². The summed E-state index contributed by atoms with van der Waals surface area (Å²) in [7, 11) is 1.71. The molecule has 0 aromatic heterocycles. The molecule has 18 heavy (non-hydrogen) atoms. The normalized spacial score (nSPS) is 14.4. The summed E-state index contributed by atoms with van der Waals surface area (Å²) < 4.78 is 5.52. The van der Waals surface area contributed by atoms with Gasteiger partial charge in [0.15, 0.2) is 0 Å². The second kappa shape index (κ2) is 10.3. The van der Waals surface area contributed by atoms with Gasteiger partial charge in [0.05, 0.1) is 0 Å². The summed E-state index contributed by atoms with van der Waals surface area (Å²) in [5, 5.41) is 12.1. The molecule has 0 spiro atoms. The molecule has 0 fully saturated rings. The lowest BCUT2D eigenvalue weighted by Gasteiger charge is -2.27. The lowest BCUT2D eigenvalue weighted by Crippen LogP contribution is -2.49. The molecule has 0 aromatic rings. The fraction of sp³-hybridized carbons (Fsp3) is 0.929. The molecule has 0 aliphatic carbocycles. The SMILES string of the molecule is CCCCCCOCCCC(CC)(NC)C(=O)O. The number of hydrogen-bond donors (Lipinski definition) is 2. The van der Waals surface area contributed by atoms with E-state index in [2.05, 4.69) is 12.2 Å². The van der Waals surface area contributed by atoms with Crippen LogP contribution in [0.3, 0.4) is 0 Å². The van der Waals surface area contributed by atoms with E-state index in [4.69, 9.17) is 4.74 Å². The lowest BCUT2D eigenvalue weighted by molar-refractivity contribution is -0.145. The monoisotopic (exact) mass is 259 g/mol. The summed E-state index contributed by atoms with van der Waals surface area (Å²) in [5.74, 6) is -0.768. The number of carboxylic acids is 1. The summed E-state index contributed by atoms with van der Waals surface area (Å²) in [5.41, 5.74) is -0.786. The Morgan fingerprint density at radius 1 is 1.17 bits per heavy atom. The van der Waals surface area contributed by atoms with Crippen LogP contribution in [0.2, 0.25) is 0 Å². The Balaban J connectivity index is 3.65. The van der Waals surface area contributed by atoms with Gasteiger partial charge in [0.1, 0.15) is 5.54 Å². The second-order valence-electron chi connectivity index (χ2n) is 4.77. The minimum atomic E-state index is -0.786. The average Bonchev–Trinajstić information content (AvgIpc) is 2.37. The van der Waals surface area contributed by atoms with Crippen molar-refractivity contribution in [3.8, 4) is 0 Å². The zero-order valence-electron chi connectivity index (χ0n) is 12.1. The molecule has 0 amide bonds. The van der Waals surface area contributed by atoms with Crippen molar-refractivity contribution >= 4 is 5.97 Å². The highest BCUT2D eigenvalue weighted by molar-refractivity contribution is 5.78. The maximum absolute atomic E-state index is 11.2. The van der Waals surface area contributed by atoms with Gasteiger partial charge in [0.2, 0.25) is 0 Å². The largest absolute Gasteiger partial charge is 0.480 e. The fourth-order valence-electron chi connectivity index (χ4n) is 2.05. The Bertz CT molecular complexity index is 215. The van der Waals surface area contributed by atoms with Gasteiger partial charge in [-0.05, 0) is 32.7 Å². The van der Waals surface area contributed by atoms with Crippen molar-refractivity contribution in [2.45, 2.75) is 64.3 Å². The molecule has 0 saturated carbocycles. The smallest absolute Gasteiger partial charge is 0.323 e. The van der Waals surface area contributed by atoms with E-state index in [0.29, 0.717) is 19.4 Å². The van der Waals surface area contributed by atoms with Gasteiger partial charge in [0, 0.05) is 13.2 Å². The quantitative estimate of drug-likeness (QED) is 0.529. The Kier molecular flexibility index (Phi) is 9.98. The highest BCUT2D eigenvalue weighted by atomic mass is 16.5. The highest BCUT2D eigenvalue weighted by Crippen LogP contribution is 2.17. The molecular formula is C14H29NO3. The number of nitrogens with one attached hydrogen (secondary N) is 1. The molecule has 4 nitrogen and oxygen atoms in total. The van der Waals surface area contributed by atoms with E-state index in [1.54, 1.807) is 7.05 Å². The highest BCUT2D eigenvalue weighted by Gasteiger charge is 2.33. The molecule has 4 heteroatoms. The molecule has 1 atom stereocenters. The summed E-state index contributed by atoms with van der Waals surface area (Å²) >= 11 is 0. The van der Waals surface area contributed by atoms with Crippen LogP contribution in [0.4, 0.5) is 0 Å². The zero-order valence-corrected chi connectivity index (χ0v) is 12.1. The summed E-state index contributed by atoms with van der Waals surface area (Å²) in [4.78, 5) is 11.2. The molecule has 0 aliphatic rings. The van der Waals surface area contributed by atoms with E-state index in [1.807, 2.05) is 6.92 Å². The van der Waals surface area contributed by atoms with E-state index >= 15 is 0 Å². The first-order chi connectivity index (χ1) is 8.63. The van der Waals surface area contributed by atoms with Gasteiger partial charge in [-0.3, -0.25) is 4.79 Å². The van der Waals surface area contributed by atoms with Crippen molar-refractivity contribution in [1.29, 1.82) is 0 Å². The minimum Gasteiger partial charge on any atom is -0.480 e. The summed E-state index contributed by atoms with van der Waals surface area (Å²) in [6, 6.07) is 0. The maximum Gasteiger partial charge on any atom is 0.323 e. The lowest BCUT2D eigenvalue weighted by atomic mass is 9.91. The molecule has 0 bridgehead atoms. The summed E-state index contributed by atoms with van der Waals surface area (Å²) in [6.07, 6.45) is 6.83. The molecule has 1 unspecified atom stereocenters. The number of hydrogen-bond acceptors (Lipinski definition) is 3. The molecule has 108 valence electrons. The van der Waals surface area contributed by atoms with E-state index in [-0.39, 0.29) is 0 Å². The number of likely N-dealkylation sites (N-methyl/N-ethyl adjacent to an activating group) is 1. The number of ether oxygens (including phenoxy) is 1. The predicted octanol–water partition coefficient (Wildman–Crippen LogP) is 2.82. The third-order valence-electron chi connectivity index (χ3n) is 3.53. The standard InChI is InChI=1S/C14H29NO3/c1-4-6-7-8-11-18-12-9-10-14(5-2,15-3)13(16)17/h15H,4-12H2,1-3H3,(H,16,17). The average molecular weight is 259 g/mol. The van der Waals surface area contributed by atoms with E-state index in [0.717, 1.165) is 19.4 Å². The van der Waals surface area contributed by atoms with Crippen molar-refractivity contribution < 1.29 is 14.6 Å². The van der Waals surface area contributed by atoms with Crippen molar-refractivity contribution in [2.24, 2.45) is 0 Å². The fourth-order valence-corrected chi connectivity index (χ4v) is 2.05. The zero-order chi connectivity index (χ0) is 13.9. The molecule has 0 aliphatic heterocycles. The number of rotatable bonds is 12. The second-order valence-corrected chi connectivity index (χ2v) is 4.77. The molecule has 0 radical (unpaired) electrons. The first-order valence-corrected chi connectivity index (χ1v) is 7.13. The molecule has 0 heterocycles. The van der Waals surface area contributed by atoms with Gasteiger partial charge >= 0.3 is 5.97 Å². The van der Waals surface area contributed by atoms with Crippen LogP contribution in [-0.4, -0.2) is 36.9 Å². The maximum atomic E-state index is 11.2. The van der Waals surface area contributed by atoms with Crippen LogP contribution in [0.1, 0.15) is 58.8 Å². The predicted molar refractivity (Wildman–Crippen MR) is 73.9 cm³/mol. The van der Waals surface area contributed by atoms with E-state index in [1.165, 1.54) is 19.3 Å². The van der Waals surface area contributed by atoms with Gasteiger partial charge in [-0.1, -0.05) is 33.1 Å². The van der Waals surface area contributed by atoms with Gasteiger partial charge in [-0.25, -0.2) is 0 Å². The minimum absolute atomic E-state index is 0.593. The number of carboxylic acid groups (broad SMARTS) is 1. The Morgan fingerprint density at radius 2 is 1.83 bits per heavy atom. The van der Waals surface area contributed by atoms with Gasteiger partial charge in [-0.15, -0.1) is 0 Å². The van der Waals surface area contributed by atoms with E-state index in [9.17, 15) is 9.90 Å². The van der Waals surface area contributed by atoms with E-state index < -0.39 is 11.5 Å². The van der Waals surface area contributed by atoms with Crippen molar-refractivity contribution in [1.82, 2.24) is 5.32 Å². The topological polar surface area (TPSA) is 58.6 Å².